The summed E-state index contributed by atoms with van der Waals surface area (Å²) in [6, 6.07) is 59.5. The third kappa shape index (κ3) is 14.7. The number of hydrogen-bond donors (Lipinski definition) is 4. The molecule has 1 unspecified atom stereocenters. The number of pyridine rings is 1. The van der Waals surface area contributed by atoms with E-state index in [9.17, 15) is 43.2 Å². The number of benzene rings is 7. The van der Waals surface area contributed by atoms with Crippen molar-refractivity contribution >= 4 is 97.0 Å². The van der Waals surface area contributed by atoms with Crippen LogP contribution in [0.3, 0.4) is 0 Å². The van der Waals surface area contributed by atoms with Crippen molar-refractivity contribution in [3.8, 4) is 0 Å². The maximum absolute atomic E-state index is 13.1. The number of amides is 3. The molecule has 574 valence electrons. The maximum Gasteiger partial charge on any atom is 0.337 e. The van der Waals surface area contributed by atoms with Gasteiger partial charge < -0.3 is 58.3 Å². The average Bonchev–Trinajstić information content (AvgIpc) is 1.62. The highest BCUT2D eigenvalue weighted by atomic mass is 16.5. The highest BCUT2D eigenvalue weighted by Crippen LogP contribution is 2.49. The lowest BCUT2D eigenvalue weighted by molar-refractivity contribution is -0.155. The van der Waals surface area contributed by atoms with Crippen LogP contribution in [0.5, 0.6) is 0 Å². The Labute approximate surface area is 648 Å². The van der Waals surface area contributed by atoms with Crippen molar-refractivity contribution in [2.24, 2.45) is 11.8 Å². The summed E-state index contributed by atoms with van der Waals surface area (Å²) in [5.41, 5.74) is 16.2. The van der Waals surface area contributed by atoms with Gasteiger partial charge in [0.15, 0.2) is 0 Å². The van der Waals surface area contributed by atoms with E-state index in [2.05, 4.69) is 37.1 Å². The number of fused-ring (bicyclic) bond motifs is 12. The highest BCUT2D eigenvalue weighted by molar-refractivity contribution is 5.96. The molecule has 1 aliphatic carbocycles. The Morgan fingerprint density at radius 1 is 0.348 bits per heavy atom. The summed E-state index contributed by atoms with van der Waals surface area (Å²) >= 11 is 0. The summed E-state index contributed by atoms with van der Waals surface area (Å²) in [4.78, 5) is 137. The SMILES string of the molecule is CCC(=O)C1[C@@H](c2ccc(C(=O)OC)cc2)c2[nH]c3ccccc3c2C[C@@H]1C(=O)OC.CCC(=O)N1[C@@H](c2ccccc2)c2[nH]c3ccccc3c2C[C@@H]1C(=O)OC.CCC(=O)N1[C@@H](c2ccccc2)c2[nH]c3ccccc3c2C[C@@H]1C(=O)OC.CCC(=O)N1[C@@H](c2ccncc2)c2[nH]c3ccccc3c2C[C@@H]1C(=O)OC. The van der Waals surface area contributed by atoms with Gasteiger partial charge in [0.05, 0.1) is 65.2 Å². The summed E-state index contributed by atoms with van der Waals surface area (Å²) < 4.78 is 25.1. The van der Waals surface area contributed by atoms with Gasteiger partial charge in [0, 0.05) is 136 Å². The molecule has 9 atom stereocenters. The van der Waals surface area contributed by atoms with E-state index in [0.717, 1.165) is 111 Å². The smallest absolute Gasteiger partial charge is 0.337 e. The lowest BCUT2D eigenvalue weighted by Crippen LogP contribution is -2.51. The fourth-order valence-electron chi connectivity index (χ4n) is 17.0. The third-order valence-electron chi connectivity index (χ3n) is 22.1. The van der Waals surface area contributed by atoms with Gasteiger partial charge in [0.25, 0.3) is 0 Å². The zero-order chi connectivity index (χ0) is 79.0. The average molecular weight is 1510 g/mol. The van der Waals surface area contributed by atoms with Gasteiger partial charge in [-0.05, 0) is 99.5 Å². The van der Waals surface area contributed by atoms with E-state index < -0.39 is 41.9 Å². The number of methoxy groups -OCH3 is 5. The molecule has 0 saturated heterocycles. The third-order valence-corrected chi connectivity index (χ3v) is 22.1. The van der Waals surface area contributed by atoms with Crippen LogP contribution >= 0.6 is 0 Å². The zero-order valence-corrected chi connectivity index (χ0v) is 64.0. The molecular formula is C90H90N8O14. The minimum Gasteiger partial charge on any atom is -0.469 e. The monoisotopic (exact) mass is 1510 g/mol. The number of hydrogen-bond acceptors (Lipinski definition) is 15. The van der Waals surface area contributed by atoms with Gasteiger partial charge in [-0.25, -0.2) is 19.2 Å². The van der Waals surface area contributed by atoms with Crippen LogP contribution in [-0.2, 0) is 87.7 Å². The van der Waals surface area contributed by atoms with E-state index >= 15 is 0 Å². The van der Waals surface area contributed by atoms with Crippen molar-refractivity contribution < 1.29 is 66.8 Å². The Kier molecular flexibility index (Phi) is 23.5. The fourth-order valence-corrected chi connectivity index (χ4v) is 17.0. The second-order valence-corrected chi connectivity index (χ2v) is 28.0. The second kappa shape index (κ2) is 34.0. The standard InChI is InChI=1S/C25H25NO5.2C22H22N2O3.C21H21N3O3/c1-4-20(27)22-18(25(29)31-3)13-17-16-7-5-6-8-19(16)26-23(17)21(22)14-9-11-15(12-10-14)24(28)30-2;2*1-3-19(25)24-18(22(26)27-2)13-16-15-11-7-8-12-17(15)23-20(16)21(24)14-9-5-4-6-10-14;1-3-18(25)24-17(21(26)27-2)12-15-14-6-4-5-7-16(14)23-19(15)20(24)13-8-10-22-11-9-13/h5-12,18,21-22,26H,4,13H2,1-3H3;2*4-12,18,21,23H,3,13H2,1-2H3;4-11,17,20,23H,3,12H2,1-2H3/t18-,21+,22?;2*18-,21+;17-,20+/m0111/s1. The quantitative estimate of drug-likeness (QED) is 0.0581. The first-order chi connectivity index (χ1) is 54.4. The second-order valence-electron chi connectivity index (χ2n) is 28.0. The van der Waals surface area contributed by atoms with Gasteiger partial charge in [-0.1, -0.05) is 173 Å². The summed E-state index contributed by atoms with van der Waals surface area (Å²) in [5, 5.41) is 4.30. The van der Waals surface area contributed by atoms with Gasteiger partial charge in [0.1, 0.15) is 23.9 Å². The van der Waals surface area contributed by atoms with E-state index in [1.165, 1.54) is 35.5 Å². The predicted molar refractivity (Wildman–Crippen MR) is 423 cm³/mol. The summed E-state index contributed by atoms with van der Waals surface area (Å²) in [6.07, 6.45) is 6.45. The number of esters is 5. The van der Waals surface area contributed by atoms with E-state index in [1.807, 2.05) is 191 Å². The van der Waals surface area contributed by atoms with Crippen molar-refractivity contribution in [2.45, 2.75) is 121 Å². The molecule has 0 saturated carbocycles. The van der Waals surface area contributed by atoms with Crippen LogP contribution in [0.4, 0.5) is 0 Å². The molecule has 0 bridgehead atoms. The number of ether oxygens (including phenoxy) is 5. The molecule has 3 amide bonds. The highest BCUT2D eigenvalue weighted by Gasteiger charge is 2.49. The molecule has 22 heteroatoms. The topological polar surface area (TPSA) is 286 Å². The van der Waals surface area contributed by atoms with Crippen LogP contribution in [0.15, 0.2) is 207 Å². The number of para-hydroxylation sites is 4. The molecular weight excluding hydrogens is 1420 g/mol. The van der Waals surface area contributed by atoms with Crippen LogP contribution < -0.4 is 0 Å². The number of ketones is 1. The lowest BCUT2D eigenvalue weighted by Gasteiger charge is -2.41. The first-order valence-corrected chi connectivity index (χ1v) is 37.8. The molecule has 0 fully saturated rings. The van der Waals surface area contributed by atoms with Crippen molar-refractivity contribution in [1.82, 2.24) is 39.6 Å². The molecule has 4 N–H and O–H groups in total. The molecule has 3 aliphatic heterocycles. The maximum atomic E-state index is 13.1. The molecule has 12 aromatic rings. The Hall–Kier alpha value is -12.7. The van der Waals surface area contributed by atoms with Crippen molar-refractivity contribution in [3.63, 3.8) is 0 Å². The summed E-state index contributed by atoms with van der Waals surface area (Å²) in [7, 11) is 6.81. The first kappa shape index (κ1) is 77.4. The fraction of sp³-hybridized carbons (Fsp3) is 0.289. The molecule has 7 aromatic carbocycles. The van der Waals surface area contributed by atoms with E-state index in [0.29, 0.717) is 56.9 Å². The molecule has 16 rings (SSSR count). The number of aromatic amines is 4. The van der Waals surface area contributed by atoms with Gasteiger partial charge >= 0.3 is 29.8 Å². The molecule has 22 nitrogen and oxygen atoms in total. The largest absolute Gasteiger partial charge is 0.469 e. The molecule has 0 radical (unpaired) electrons. The van der Waals surface area contributed by atoms with Crippen LogP contribution in [0.2, 0.25) is 0 Å². The number of nitrogens with zero attached hydrogens (tertiary/aromatic N) is 4. The number of aromatic nitrogens is 5. The van der Waals surface area contributed by atoms with Gasteiger partial charge in [-0.2, -0.15) is 0 Å². The van der Waals surface area contributed by atoms with Crippen LogP contribution in [0.25, 0.3) is 43.6 Å². The molecule has 5 aromatic heterocycles. The van der Waals surface area contributed by atoms with Crippen LogP contribution in [-0.4, -0.2) is 147 Å². The van der Waals surface area contributed by atoms with E-state index in [-0.39, 0.29) is 65.5 Å². The number of rotatable bonds is 14. The Bertz CT molecular complexity index is 5090. The summed E-state index contributed by atoms with van der Waals surface area (Å²) in [6.45, 7) is 7.26. The van der Waals surface area contributed by atoms with Gasteiger partial charge in [-0.15, -0.1) is 0 Å². The normalized spacial score (nSPS) is 19.3. The van der Waals surface area contributed by atoms with Crippen LogP contribution in [0.1, 0.15) is 155 Å². The Morgan fingerprint density at radius 2 is 0.670 bits per heavy atom. The van der Waals surface area contributed by atoms with E-state index in [4.69, 9.17) is 23.7 Å². The molecule has 8 heterocycles. The van der Waals surface area contributed by atoms with Crippen molar-refractivity contribution in [1.29, 1.82) is 0 Å². The Morgan fingerprint density at radius 3 is 1.00 bits per heavy atom. The number of carbonyl (C=O) groups excluding carboxylic acids is 9. The zero-order valence-electron chi connectivity index (χ0n) is 64.0. The lowest BCUT2D eigenvalue weighted by atomic mass is 9.66. The molecule has 0 spiro atoms. The molecule has 4 aliphatic rings. The van der Waals surface area contributed by atoms with Gasteiger partial charge in [0.2, 0.25) is 17.7 Å². The van der Waals surface area contributed by atoms with Gasteiger partial charge in [-0.3, -0.25) is 29.0 Å². The van der Waals surface area contributed by atoms with Crippen molar-refractivity contribution in [2.75, 3.05) is 35.5 Å². The minimum atomic E-state index is -0.660. The first-order valence-electron chi connectivity index (χ1n) is 37.8. The summed E-state index contributed by atoms with van der Waals surface area (Å²) in [5.74, 6) is -3.63. The number of Topliss-reactive ketones (excluding diaryl/α,β-unsaturated/α-hetero) is 1. The minimum absolute atomic E-state index is 0.0155. The molecule has 112 heavy (non-hydrogen) atoms. The Balaban J connectivity index is 0.000000131. The number of H-pyrrole nitrogens is 4. The predicted octanol–water partition coefficient (Wildman–Crippen LogP) is 14.2. The number of carbonyl (C=O) groups is 9. The van der Waals surface area contributed by atoms with Crippen molar-refractivity contribution in [3.05, 3.63) is 279 Å². The van der Waals surface area contributed by atoms with Crippen LogP contribution in [0, 0.1) is 11.8 Å². The number of nitrogens with one attached hydrogen (secondary N) is 4. The van der Waals surface area contributed by atoms with E-state index in [1.54, 1.807) is 46.1 Å².